The van der Waals surface area contributed by atoms with Crippen LogP contribution in [0.3, 0.4) is 0 Å². The maximum Gasteiger partial charge on any atom is 0.408 e. The van der Waals surface area contributed by atoms with Gasteiger partial charge in [-0.05, 0) is 43.9 Å². The van der Waals surface area contributed by atoms with Crippen molar-refractivity contribution in [2.45, 2.75) is 99.2 Å². The number of ether oxygens (including phenoxy) is 2. The Morgan fingerprint density at radius 1 is 1.16 bits per heavy atom. The highest BCUT2D eigenvalue weighted by molar-refractivity contribution is 8.00. The molecule has 4 rings (SSSR count). The Balaban J connectivity index is 1.55. The first-order valence-corrected chi connectivity index (χ1v) is 14.4. The van der Waals surface area contributed by atoms with E-state index in [4.69, 9.17) is 15.9 Å². The molecule has 0 unspecified atom stereocenters. The second-order valence-corrected chi connectivity index (χ2v) is 12.6. The Morgan fingerprint density at radius 3 is 2.58 bits per heavy atom. The number of fused-ring (bicyclic) bond motifs is 3. The molecule has 0 aromatic rings. The number of carbonyl (C=O) groups excluding carboxylic acids is 1. The molecule has 3 saturated heterocycles. The predicted octanol–water partition coefficient (Wildman–Crippen LogP) is 1.18. The summed E-state index contributed by atoms with van der Waals surface area (Å²) in [5, 5.41) is 44.4. The maximum absolute atomic E-state index is 13.7. The summed E-state index contributed by atoms with van der Waals surface area (Å²) in [4.78, 5) is 27.1. The Bertz CT molecular complexity index is 925. The van der Waals surface area contributed by atoms with E-state index in [0.717, 1.165) is 24.2 Å². The van der Waals surface area contributed by atoms with Crippen LogP contribution in [0, 0.1) is 30.1 Å². The zero-order chi connectivity index (χ0) is 27.6. The second kappa shape index (κ2) is 12.6. The van der Waals surface area contributed by atoms with E-state index in [1.807, 2.05) is 12.2 Å². The van der Waals surface area contributed by atoms with Crippen molar-refractivity contribution in [2.24, 2.45) is 17.8 Å². The second-order valence-electron chi connectivity index (χ2n) is 11.3. The van der Waals surface area contributed by atoms with Gasteiger partial charge < -0.3 is 35.2 Å². The molecule has 0 radical (unpaired) electrons. The molecule has 0 aromatic heterocycles. The number of nitrogens with one attached hydrogen (secondary N) is 1. The van der Waals surface area contributed by atoms with Gasteiger partial charge in [0.1, 0.15) is 35.9 Å². The quantitative estimate of drug-likeness (QED) is 0.256. The minimum Gasteiger partial charge on any atom is -0.465 e. The number of aliphatic hydroxyl groups excluding tert-OH is 3. The third kappa shape index (κ3) is 6.32. The number of aliphatic hydroxyl groups is 3. The van der Waals surface area contributed by atoms with E-state index in [2.05, 4.69) is 25.1 Å². The van der Waals surface area contributed by atoms with Crippen molar-refractivity contribution in [3.63, 3.8) is 0 Å². The van der Waals surface area contributed by atoms with Crippen LogP contribution in [0.5, 0.6) is 0 Å². The number of hydrogen-bond donors (Lipinski definition) is 5. The topological polar surface area (TPSA) is 149 Å². The molecule has 11 heteroatoms. The normalized spacial score (nSPS) is 41.6. The first-order valence-electron chi connectivity index (χ1n) is 13.5. The summed E-state index contributed by atoms with van der Waals surface area (Å²) in [6.45, 7) is 5.01. The summed E-state index contributed by atoms with van der Waals surface area (Å²) in [6, 6.07) is -1.82. The van der Waals surface area contributed by atoms with Crippen molar-refractivity contribution in [3.05, 3.63) is 12.2 Å². The fourth-order valence-corrected chi connectivity index (χ4v) is 7.41. The lowest BCUT2D eigenvalue weighted by atomic mass is 9.85. The highest BCUT2D eigenvalue weighted by atomic mass is 32.2. The van der Waals surface area contributed by atoms with Gasteiger partial charge in [0.15, 0.2) is 0 Å². The molecule has 10 nitrogen and oxygen atoms in total. The van der Waals surface area contributed by atoms with E-state index in [9.17, 15) is 30.0 Å². The van der Waals surface area contributed by atoms with Crippen LogP contribution < -0.4 is 5.32 Å². The lowest BCUT2D eigenvalue weighted by Crippen LogP contribution is -2.64. The summed E-state index contributed by atoms with van der Waals surface area (Å²) >= 11 is 1.18. The number of likely N-dealkylation sites (tertiary alicyclic amines) is 1. The van der Waals surface area contributed by atoms with Crippen molar-refractivity contribution in [3.8, 4) is 12.3 Å². The van der Waals surface area contributed by atoms with Crippen LogP contribution in [0.25, 0.3) is 0 Å². The smallest absolute Gasteiger partial charge is 0.408 e. The maximum atomic E-state index is 13.7. The molecule has 5 N–H and O–H groups in total. The minimum absolute atomic E-state index is 0.0907. The Kier molecular flexibility index (Phi) is 9.66. The monoisotopic (exact) mass is 552 g/mol. The molecule has 4 heterocycles. The largest absolute Gasteiger partial charge is 0.465 e. The van der Waals surface area contributed by atoms with E-state index >= 15 is 0 Å². The molecular formula is C27H40N2O8S. The summed E-state index contributed by atoms with van der Waals surface area (Å²) < 4.78 is 12.1. The Labute approximate surface area is 228 Å². The van der Waals surface area contributed by atoms with E-state index in [-0.39, 0.29) is 24.1 Å². The Hall–Kier alpha value is -1.81. The molecule has 4 aliphatic rings. The number of hydrogen-bond acceptors (Lipinski definition) is 8. The first-order chi connectivity index (χ1) is 18.1. The van der Waals surface area contributed by atoms with Crippen LogP contribution in [-0.4, -0.2) is 104 Å². The van der Waals surface area contributed by atoms with Crippen molar-refractivity contribution >= 4 is 23.8 Å². The molecule has 0 saturated carbocycles. The van der Waals surface area contributed by atoms with Gasteiger partial charge in [-0.25, -0.2) is 4.79 Å². The molecule has 2 bridgehead atoms. The number of thioether (sulfide) groups is 1. The SMILES string of the molecule is C#C[C@@H]1CC=CC[C@@H](NC(=O)[C@@H]2[C@@H]3OCC[C@@H](CC(C)C)C[C@H]3CN2C(=O)O)[C@H]2O[C@H](S1)[C@H](O)[C@@H](O)[C@H]2O. The predicted molar refractivity (Wildman–Crippen MR) is 141 cm³/mol. The van der Waals surface area contributed by atoms with E-state index in [1.165, 1.54) is 11.8 Å². The third-order valence-electron chi connectivity index (χ3n) is 8.06. The standard InChI is InChI=1S/C27H40N2O8S/c1-4-17-7-5-6-8-18(24-21(31)20(30)22(32)26(37-24)38-17)28-25(33)19-23-16(13-29(19)27(34)35)12-15(9-10-36-23)11-14(2)3/h1,5-6,14-24,26,30-32H,7-13H2,2-3H3,(H,28,33)(H,34,35)/t15-,16-,17+,18+,19-,20-,21+,22+,23+,24+,26+/m0/s1. The number of rotatable bonds is 4. The van der Waals surface area contributed by atoms with Gasteiger partial charge in [0.25, 0.3) is 0 Å². The van der Waals surface area contributed by atoms with Gasteiger partial charge in [-0.15, -0.1) is 18.2 Å². The van der Waals surface area contributed by atoms with Crippen LogP contribution in [-0.2, 0) is 14.3 Å². The fourth-order valence-electron chi connectivity index (χ4n) is 6.28. The van der Waals surface area contributed by atoms with Gasteiger partial charge in [-0.1, -0.05) is 31.9 Å². The van der Waals surface area contributed by atoms with E-state index < -0.39 is 60.0 Å². The number of terminal acetylenes is 1. The molecule has 38 heavy (non-hydrogen) atoms. The molecule has 212 valence electrons. The number of carbonyl (C=O) groups is 2. The molecular weight excluding hydrogens is 512 g/mol. The third-order valence-corrected chi connectivity index (χ3v) is 9.37. The first kappa shape index (κ1) is 29.2. The summed E-state index contributed by atoms with van der Waals surface area (Å²) in [6.07, 6.45) is 5.65. The summed E-state index contributed by atoms with van der Waals surface area (Å²) in [5.74, 6) is 2.95. The summed E-state index contributed by atoms with van der Waals surface area (Å²) in [7, 11) is 0. The van der Waals surface area contributed by atoms with Crippen LogP contribution in [0.4, 0.5) is 4.79 Å². The lowest BCUT2D eigenvalue weighted by Gasteiger charge is -2.44. The molecule has 0 aliphatic carbocycles. The van der Waals surface area contributed by atoms with Crippen molar-refractivity contribution < 1.29 is 39.5 Å². The molecule has 3 fully saturated rings. The van der Waals surface area contributed by atoms with Crippen molar-refractivity contribution in [2.75, 3.05) is 13.2 Å². The zero-order valence-corrected chi connectivity index (χ0v) is 22.7. The van der Waals surface area contributed by atoms with Crippen molar-refractivity contribution in [1.29, 1.82) is 0 Å². The van der Waals surface area contributed by atoms with Gasteiger partial charge >= 0.3 is 6.09 Å². The van der Waals surface area contributed by atoms with Crippen LogP contribution in [0.1, 0.15) is 46.0 Å². The highest BCUT2D eigenvalue weighted by Crippen LogP contribution is 2.38. The van der Waals surface area contributed by atoms with Crippen LogP contribution in [0.15, 0.2) is 12.2 Å². The molecule has 11 atom stereocenters. The van der Waals surface area contributed by atoms with Gasteiger partial charge in [-0.2, -0.15) is 0 Å². The van der Waals surface area contributed by atoms with Gasteiger partial charge in [0.2, 0.25) is 5.91 Å². The van der Waals surface area contributed by atoms with Crippen molar-refractivity contribution in [1.82, 2.24) is 10.2 Å². The summed E-state index contributed by atoms with van der Waals surface area (Å²) in [5.41, 5.74) is -0.903. The van der Waals surface area contributed by atoms with Gasteiger partial charge in [0.05, 0.1) is 17.4 Å². The molecule has 0 spiro atoms. The number of carboxylic acid groups (broad SMARTS) is 1. The Morgan fingerprint density at radius 2 is 1.89 bits per heavy atom. The van der Waals surface area contributed by atoms with Crippen LogP contribution in [0.2, 0.25) is 0 Å². The number of allylic oxidation sites excluding steroid dienone is 1. The number of amides is 2. The minimum atomic E-state index is -1.50. The highest BCUT2D eigenvalue weighted by Gasteiger charge is 2.52. The molecule has 0 aromatic carbocycles. The van der Waals surface area contributed by atoms with Gasteiger partial charge in [0, 0.05) is 19.1 Å². The fraction of sp³-hybridized carbons (Fsp3) is 0.778. The van der Waals surface area contributed by atoms with Gasteiger partial charge in [-0.3, -0.25) is 9.69 Å². The lowest BCUT2D eigenvalue weighted by molar-refractivity contribution is -0.205. The van der Waals surface area contributed by atoms with E-state index in [0.29, 0.717) is 24.9 Å². The average molecular weight is 553 g/mol. The number of nitrogens with zero attached hydrogens (tertiary/aromatic N) is 1. The van der Waals surface area contributed by atoms with Crippen LogP contribution >= 0.6 is 11.8 Å². The average Bonchev–Trinajstić information content (AvgIpc) is 3.12. The molecule has 4 aliphatic heterocycles. The zero-order valence-electron chi connectivity index (χ0n) is 21.9. The van der Waals surface area contributed by atoms with E-state index in [1.54, 1.807) is 0 Å². The molecule has 2 amide bonds.